The highest BCUT2D eigenvalue weighted by molar-refractivity contribution is 5.86. The average Bonchev–Trinajstić information content (AvgIpc) is 2.11. The van der Waals surface area contributed by atoms with Crippen molar-refractivity contribution in [3.8, 4) is 6.07 Å². The fourth-order valence-corrected chi connectivity index (χ4v) is 1.80. The van der Waals surface area contributed by atoms with Gasteiger partial charge in [0, 0.05) is 6.54 Å². The first-order valence-electron chi connectivity index (χ1n) is 5.80. The van der Waals surface area contributed by atoms with Crippen molar-refractivity contribution in [1.82, 2.24) is 5.32 Å². The van der Waals surface area contributed by atoms with Crippen molar-refractivity contribution < 1.29 is 4.79 Å². The maximum atomic E-state index is 11.7. The van der Waals surface area contributed by atoms with Crippen LogP contribution in [0.15, 0.2) is 0 Å². The number of hydrogen-bond acceptors (Lipinski definition) is 2. The van der Waals surface area contributed by atoms with Gasteiger partial charge in [0.05, 0.1) is 6.07 Å². The molecule has 1 aliphatic rings. The second-order valence-corrected chi connectivity index (χ2v) is 4.84. The molecule has 0 aromatic heterocycles. The third-order valence-electron chi connectivity index (χ3n) is 3.10. The number of nitrogens with zero attached hydrogens (tertiary/aromatic N) is 1. The molecular formula is C12H20N2O. The van der Waals surface area contributed by atoms with E-state index in [9.17, 15) is 4.79 Å². The van der Waals surface area contributed by atoms with E-state index in [4.69, 9.17) is 5.26 Å². The standard InChI is InChI=1S/C12H20N2O/c1-10(2)5-3-8-14-11(15)12(9-13)6-4-7-12/h10H,3-8H2,1-2H3,(H,14,15). The minimum absolute atomic E-state index is 0.0555. The molecular weight excluding hydrogens is 188 g/mol. The predicted molar refractivity (Wildman–Crippen MR) is 59.0 cm³/mol. The molecule has 1 aliphatic carbocycles. The van der Waals surface area contributed by atoms with Gasteiger partial charge < -0.3 is 5.32 Å². The number of nitrogens with one attached hydrogen (secondary N) is 1. The number of carbonyl (C=O) groups is 1. The van der Waals surface area contributed by atoms with E-state index in [1.165, 1.54) is 0 Å². The molecule has 0 aromatic rings. The minimum Gasteiger partial charge on any atom is -0.355 e. The van der Waals surface area contributed by atoms with E-state index in [0.29, 0.717) is 12.5 Å². The van der Waals surface area contributed by atoms with E-state index in [-0.39, 0.29) is 5.91 Å². The van der Waals surface area contributed by atoms with Crippen molar-refractivity contribution >= 4 is 5.91 Å². The summed E-state index contributed by atoms with van der Waals surface area (Å²) in [6.07, 6.45) is 4.61. The topological polar surface area (TPSA) is 52.9 Å². The molecule has 0 bridgehead atoms. The van der Waals surface area contributed by atoms with E-state index < -0.39 is 5.41 Å². The molecule has 0 atom stereocenters. The second-order valence-electron chi connectivity index (χ2n) is 4.84. The molecule has 84 valence electrons. The number of amides is 1. The molecule has 3 heteroatoms. The average molecular weight is 208 g/mol. The van der Waals surface area contributed by atoms with Crippen LogP contribution >= 0.6 is 0 Å². The summed E-state index contributed by atoms with van der Waals surface area (Å²) in [5.41, 5.74) is -0.683. The second kappa shape index (κ2) is 5.16. The minimum atomic E-state index is -0.683. The first-order chi connectivity index (χ1) is 7.10. The summed E-state index contributed by atoms with van der Waals surface area (Å²) in [7, 11) is 0. The van der Waals surface area contributed by atoms with E-state index in [1.807, 2.05) is 0 Å². The van der Waals surface area contributed by atoms with Crippen molar-refractivity contribution in [2.24, 2.45) is 11.3 Å². The van der Waals surface area contributed by atoms with Crippen LogP contribution in [0.25, 0.3) is 0 Å². The molecule has 1 rings (SSSR count). The van der Waals surface area contributed by atoms with Crippen molar-refractivity contribution in [3.05, 3.63) is 0 Å². The summed E-state index contributed by atoms with van der Waals surface area (Å²) in [5, 5.41) is 11.8. The lowest BCUT2D eigenvalue weighted by atomic mass is 9.69. The van der Waals surface area contributed by atoms with E-state index in [1.54, 1.807) is 0 Å². The summed E-state index contributed by atoms with van der Waals surface area (Å²) < 4.78 is 0. The van der Waals surface area contributed by atoms with Gasteiger partial charge in [-0.15, -0.1) is 0 Å². The van der Waals surface area contributed by atoms with Crippen molar-refractivity contribution in [1.29, 1.82) is 5.26 Å². The molecule has 0 aromatic carbocycles. The zero-order valence-corrected chi connectivity index (χ0v) is 9.68. The first-order valence-corrected chi connectivity index (χ1v) is 5.80. The molecule has 1 fully saturated rings. The van der Waals surface area contributed by atoms with Crippen LogP contribution < -0.4 is 5.32 Å². The highest BCUT2D eigenvalue weighted by Gasteiger charge is 2.44. The lowest BCUT2D eigenvalue weighted by molar-refractivity contribution is -0.131. The first kappa shape index (κ1) is 12.0. The Kier molecular flexibility index (Phi) is 4.14. The predicted octanol–water partition coefficient (Wildman–Crippen LogP) is 2.23. The Bertz CT molecular complexity index is 261. The molecule has 0 saturated heterocycles. The molecule has 1 saturated carbocycles. The van der Waals surface area contributed by atoms with Crippen LogP contribution in [0.3, 0.4) is 0 Å². The Morgan fingerprint density at radius 1 is 1.53 bits per heavy atom. The van der Waals surface area contributed by atoms with Gasteiger partial charge in [-0.25, -0.2) is 0 Å². The number of carbonyl (C=O) groups excluding carboxylic acids is 1. The molecule has 0 heterocycles. The smallest absolute Gasteiger partial charge is 0.240 e. The van der Waals surface area contributed by atoms with Crippen LogP contribution in [-0.2, 0) is 4.79 Å². The van der Waals surface area contributed by atoms with Crippen LogP contribution in [0.2, 0.25) is 0 Å². The third kappa shape index (κ3) is 2.95. The molecule has 0 spiro atoms. The normalized spacial score (nSPS) is 18.0. The van der Waals surface area contributed by atoms with Gasteiger partial charge in [-0.1, -0.05) is 13.8 Å². The summed E-state index contributed by atoms with van der Waals surface area (Å²) in [6, 6.07) is 2.15. The molecule has 3 nitrogen and oxygen atoms in total. The maximum absolute atomic E-state index is 11.7. The molecule has 0 radical (unpaired) electrons. The number of nitriles is 1. The van der Waals surface area contributed by atoms with Crippen LogP contribution in [0.4, 0.5) is 0 Å². The van der Waals surface area contributed by atoms with E-state index >= 15 is 0 Å². The van der Waals surface area contributed by atoms with E-state index in [2.05, 4.69) is 25.2 Å². The summed E-state index contributed by atoms with van der Waals surface area (Å²) >= 11 is 0. The molecule has 0 unspecified atom stereocenters. The van der Waals surface area contributed by atoms with Gasteiger partial charge in [0.25, 0.3) is 0 Å². The van der Waals surface area contributed by atoms with Gasteiger partial charge in [0.15, 0.2) is 0 Å². The Labute approximate surface area is 91.9 Å². The Balaban J connectivity index is 2.22. The zero-order valence-electron chi connectivity index (χ0n) is 9.68. The van der Waals surface area contributed by atoms with Crippen LogP contribution in [0.1, 0.15) is 46.0 Å². The van der Waals surface area contributed by atoms with Crippen molar-refractivity contribution in [2.75, 3.05) is 6.54 Å². The fourth-order valence-electron chi connectivity index (χ4n) is 1.80. The third-order valence-corrected chi connectivity index (χ3v) is 3.10. The van der Waals surface area contributed by atoms with Crippen molar-refractivity contribution in [2.45, 2.75) is 46.0 Å². The lowest BCUT2D eigenvalue weighted by Gasteiger charge is -2.33. The Hall–Kier alpha value is -1.04. The summed E-state index contributed by atoms with van der Waals surface area (Å²) in [4.78, 5) is 11.7. The zero-order chi connectivity index (χ0) is 11.3. The van der Waals surface area contributed by atoms with Gasteiger partial charge in [0.2, 0.25) is 5.91 Å². The highest BCUT2D eigenvalue weighted by atomic mass is 16.2. The summed E-state index contributed by atoms with van der Waals surface area (Å²) in [5.74, 6) is 0.621. The Morgan fingerprint density at radius 3 is 2.60 bits per heavy atom. The molecule has 1 amide bonds. The van der Waals surface area contributed by atoms with Crippen molar-refractivity contribution in [3.63, 3.8) is 0 Å². The fraction of sp³-hybridized carbons (Fsp3) is 0.833. The number of hydrogen-bond donors (Lipinski definition) is 1. The largest absolute Gasteiger partial charge is 0.355 e. The number of rotatable bonds is 5. The monoisotopic (exact) mass is 208 g/mol. The molecule has 0 aliphatic heterocycles. The maximum Gasteiger partial charge on any atom is 0.240 e. The molecule has 15 heavy (non-hydrogen) atoms. The summed E-state index contributed by atoms with van der Waals surface area (Å²) in [6.45, 7) is 5.05. The van der Waals surface area contributed by atoms with Crippen LogP contribution in [0.5, 0.6) is 0 Å². The lowest BCUT2D eigenvalue weighted by Crippen LogP contribution is -2.44. The van der Waals surface area contributed by atoms with E-state index in [0.717, 1.165) is 32.1 Å². The highest BCUT2D eigenvalue weighted by Crippen LogP contribution is 2.40. The van der Waals surface area contributed by atoms with Gasteiger partial charge in [-0.05, 0) is 38.0 Å². The van der Waals surface area contributed by atoms with Gasteiger partial charge >= 0.3 is 0 Å². The van der Waals surface area contributed by atoms with Crippen LogP contribution in [0, 0.1) is 22.7 Å². The van der Waals surface area contributed by atoms with Crippen LogP contribution in [-0.4, -0.2) is 12.5 Å². The van der Waals surface area contributed by atoms with Gasteiger partial charge in [-0.2, -0.15) is 5.26 Å². The van der Waals surface area contributed by atoms with Gasteiger partial charge in [0.1, 0.15) is 5.41 Å². The molecule has 1 N–H and O–H groups in total. The Morgan fingerprint density at radius 2 is 2.20 bits per heavy atom. The quantitative estimate of drug-likeness (QED) is 0.704. The van der Waals surface area contributed by atoms with Gasteiger partial charge in [-0.3, -0.25) is 4.79 Å². The SMILES string of the molecule is CC(C)CCCNC(=O)C1(C#N)CCC1.